The lowest BCUT2D eigenvalue weighted by atomic mass is 10.0. The maximum absolute atomic E-state index is 12.4. The minimum atomic E-state index is -0.711. The second-order valence-corrected chi connectivity index (χ2v) is 6.38. The third kappa shape index (κ3) is 3.88. The van der Waals surface area contributed by atoms with Gasteiger partial charge in [0.05, 0.1) is 6.61 Å². The molecular weight excluding hydrogens is 350 g/mol. The highest BCUT2D eigenvalue weighted by molar-refractivity contribution is 5.84. The lowest BCUT2D eigenvalue weighted by Gasteiger charge is -2.21. The molecule has 0 aliphatic carbocycles. The average molecular weight is 369 g/mol. The van der Waals surface area contributed by atoms with Crippen LogP contribution in [0.4, 0.5) is 4.79 Å². The summed E-state index contributed by atoms with van der Waals surface area (Å²) in [5.41, 5.74) is 2.69. The minimum absolute atomic E-state index is 0.103. The van der Waals surface area contributed by atoms with Gasteiger partial charge in [-0.05, 0) is 23.3 Å². The third-order valence-corrected chi connectivity index (χ3v) is 4.54. The van der Waals surface area contributed by atoms with Crippen molar-refractivity contribution in [3.63, 3.8) is 0 Å². The number of esters is 1. The highest BCUT2D eigenvalue weighted by atomic mass is 16.7. The molecule has 140 valence electrons. The molecule has 27 heavy (non-hydrogen) atoms. The van der Waals surface area contributed by atoms with Crippen LogP contribution in [0, 0.1) is 0 Å². The molecule has 1 fully saturated rings. The Hall–Kier alpha value is -3.06. The largest absolute Gasteiger partial charge is 0.467 e. The van der Waals surface area contributed by atoms with Crippen molar-refractivity contribution in [2.24, 2.45) is 0 Å². The summed E-state index contributed by atoms with van der Waals surface area (Å²) < 4.78 is 21.1. The number of ether oxygens (including phenoxy) is 4. The van der Waals surface area contributed by atoms with Gasteiger partial charge in [-0.1, -0.05) is 36.4 Å². The van der Waals surface area contributed by atoms with Crippen molar-refractivity contribution < 1.29 is 28.5 Å². The number of hydrogen-bond donors (Lipinski definition) is 0. The fourth-order valence-corrected chi connectivity index (χ4v) is 3.12. The molecule has 4 rings (SSSR count). The molecule has 2 heterocycles. The van der Waals surface area contributed by atoms with Crippen LogP contribution < -0.4 is 4.74 Å². The fourth-order valence-electron chi connectivity index (χ4n) is 3.12. The lowest BCUT2D eigenvalue weighted by molar-refractivity contribution is -0.139. The number of fused-ring (bicyclic) bond motifs is 1. The van der Waals surface area contributed by atoms with Crippen molar-refractivity contribution in [3.8, 4) is 5.75 Å². The first-order valence-electron chi connectivity index (χ1n) is 8.67. The molecule has 0 N–H and O–H groups in total. The SMILES string of the molecule is O=C1OCN(C(=O)OCc2ccccc2)[C@H]1Cc1ccc2c(c1)COCO2. The first-order chi connectivity index (χ1) is 13.2. The highest BCUT2D eigenvalue weighted by Gasteiger charge is 2.39. The van der Waals surface area contributed by atoms with Crippen LogP contribution in [0.5, 0.6) is 5.75 Å². The van der Waals surface area contributed by atoms with Gasteiger partial charge >= 0.3 is 12.1 Å². The molecule has 0 saturated carbocycles. The van der Waals surface area contributed by atoms with E-state index >= 15 is 0 Å². The fraction of sp³-hybridized carbons (Fsp3) is 0.300. The van der Waals surface area contributed by atoms with E-state index in [1.165, 1.54) is 4.90 Å². The van der Waals surface area contributed by atoms with Crippen LogP contribution in [-0.2, 0) is 38.6 Å². The monoisotopic (exact) mass is 369 g/mol. The zero-order valence-corrected chi connectivity index (χ0v) is 14.6. The second-order valence-electron chi connectivity index (χ2n) is 6.38. The summed E-state index contributed by atoms with van der Waals surface area (Å²) in [5, 5.41) is 0. The summed E-state index contributed by atoms with van der Waals surface area (Å²) in [5.74, 6) is 0.343. The molecule has 2 aliphatic rings. The molecule has 0 unspecified atom stereocenters. The number of cyclic esters (lactones) is 1. The molecule has 0 radical (unpaired) electrons. The average Bonchev–Trinajstić information content (AvgIpc) is 3.07. The quantitative estimate of drug-likeness (QED) is 0.772. The Bertz CT molecular complexity index is 838. The molecule has 0 spiro atoms. The summed E-state index contributed by atoms with van der Waals surface area (Å²) in [6.07, 6.45) is -0.230. The Kier molecular flexibility index (Phi) is 4.93. The Morgan fingerprint density at radius 1 is 1.11 bits per heavy atom. The van der Waals surface area contributed by atoms with E-state index in [2.05, 4.69) is 0 Å². The molecule has 2 aromatic rings. The second kappa shape index (κ2) is 7.67. The molecule has 2 aliphatic heterocycles. The topological polar surface area (TPSA) is 74.3 Å². The predicted octanol–water partition coefficient (Wildman–Crippen LogP) is 2.62. The molecule has 2 aromatic carbocycles. The number of carbonyl (C=O) groups excluding carboxylic acids is 2. The van der Waals surface area contributed by atoms with Crippen molar-refractivity contribution in [1.29, 1.82) is 0 Å². The lowest BCUT2D eigenvalue weighted by Crippen LogP contribution is -2.39. The molecule has 1 atom stereocenters. The van der Waals surface area contributed by atoms with E-state index in [0.717, 1.165) is 22.4 Å². The predicted molar refractivity (Wildman–Crippen MR) is 93.6 cm³/mol. The summed E-state index contributed by atoms with van der Waals surface area (Å²) in [6.45, 7) is 0.738. The van der Waals surface area contributed by atoms with Gasteiger partial charge in [-0.15, -0.1) is 0 Å². The maximum atomic E-state index is 12.4. The van der Waals surface area contributed by atoms with Crippen LogP contribution in [0.25, 0.3) is 0 Å². The van der Waals surface area contributed by atoms with E-state index < -0.39 is 18.1 Å². The van der Waals surface area contributed by atoms with E-state index in [4.69, 9.17) is 18.9 Å². The van der Waals surface area contributed by atoms with Gasteiger partial charge in [0.15, 0.2) is 13.5 Å². The van der Waals surface area contributed by atoms with Crippen molar-refractivity contribution in [3.05, 3.63) is 65.2 Å². The number of carbonyl (C=O) groups is 2. The standard InChI is InChI=1S/C20H19NO6/c22-19-17(9-15-6-7-18-16(8-15)11-24-13-27-18)21(12-26-19)20(23)25-10-14-4-2-1-3-5-14/h1-8,17H,9-13H2/t17-/m0/s1. The van der Waals surface area contributed by atoms with E-state index in [0.29, 0.717) is 13.0 Å². The van der Waals surface area contributed by atoms with Crippen molar-refractivity contribution in [1.82, 2.24) is 4.90 Å². The van der Waals surface area contributed by atoms with Gasteiger partial charge in [0.2, 0.25) is 0 Å². The zero-order valence-electron chi connectivity index (χ0n) is 14.6. The van der Waals surface area contributed by atoms with Gasteiger partial charge in [-0.3, -0.25) is 4.90 Å². The number of amides is 1. The van der Waals surface area contributed by atoms with Gasteiger partial charge in [-0.2, -0.15) is 0 Å². The number of nitrogens with zero attached hydrogens (tertiary/aromatic N) is 1. The van der Waals surface area contributed by atoms with E-state index in [1.54, 1.807) is 0 Å². The molecular formula is C20H19NO6. The summed E-state index contributed by atoms with van der Waals surface area (Å²) in [6, 6.07) is 14.3. The first-order valence-corrected chi connectivity index (χ1v) is 8.67. The van der Waals surface area contributed by atoms with Crippen molar-refractivity contribution in [2.75, 3.05) is 13.5 Å². The van der Waals surface area contributed by atoms with E-state index in [9.17, 15) is 9.59 Å². The molecule has 1 amide bonds. The highest BCUT2D eigenvalue weighted by Crippen LogP contribution is 2.26. The third-order valence-electron chi connectivity index (χ3n) is 4.54. The summed E-state index contributed by atoms with van der Waals surface area (Å²) in [7, 11) is 0. The van der Waals surface area contributed by atoms with Gasteiger partial charge in [0.25, 0.3) is 0 Å². The number of hydrogen-bond acceptors (Lipinski definition) is 6. The van der Waals surface area contributed by atoms with E-state index in [-0.39, 0.29) is 20.1 Å². The van der Waals surface area contributed by atoms with Crippen LogP contribution in [-0.4, -0.2) is 36.5 Å². The minimum Gasteiger partial charge on any atom is -0.467 e. The van der Waals surface area contributed by atoms with E-state index in [1.807, 2.05) is 48.5 Å². The zero-order chi connectivity index (χ0) is 18.6. The summed E-state index contributed by atoms with van der Waals surface area (Å²) in [4.78, 5) is 25.9. The Labute approximate surface area is 156 Å². The van der Waals surface area contributed by atoms with Crippen LogP contribution in [0.1, 0.15) is 16.7 Å². The van der Waals surface area contributed by atoms with Crippen LogP contribution in [0.2, 0.25) is 0 Å². The first kappa shape index (κ1) is 17.4. The Balaban J connectivity index is 1.42. The van der Waals surface area contributed by atoms with Gasteiger partial charge < -0.3 is 18.9 Å². The van der Waals surface area contributed by atoms with Crippen LogP contribution in [0.15, 0.2) is 48.5 Å². The number of rotatable bonds is 4. The Morgan fingerprint density at radius 3 is 2.81 bits per heavy atom. The molecule has 0 aromatic heterocycles. The molecule has 7 heteroatoms. The van der Waals surface area contributed by atoms with Gasteiger partial charge in [0.1, 0.15) is 18.4 Å². The normalized spacial score (nSPS) is 18.4. The number of benzene rings is 2. The van der Waals surface area contributed by atoms with Crippen molar-refractivity contribution >= 4 is 12.1 Å². The Morgan fingerprint density at radius 2 is 1.96 bits per heavy atom. The molecule has 0 bridgehead atoms. The maximum Gasteiger partial charge on any atom is 0.413 e. The van der Waals surface area contributed by atoms with Crippen molar-refractivity contribution in [2.45, 2.75) is 25.7 Å². The van der Waals surface area contributed by atoms with Crippen LogP contribution >= 0.6 is 0 Å². The molecule has 1 saturated heterocycles. The smallest absolute Gasteiger partial charge is 0.413 e. The van der Waals surface area contributed by atoms with Crippen LogP contribution in [0.3, 0.4) is 0 Å². The molecule has 7 nitrogen and oxygen atoms in total. The van der Waals surface area contributed by atoms with Gasteiger partial charge in [-0.25, -0.2) is 9.59 Å². The van der Waals surface area contributed by atoms with Gasteiger partial charge in [0, 0.05) is 12.0 Å². The summed E-state index contributed by atoms with van der Waals surface area (Å²) >= 11 is 0.